The van der Waals surface area contributed by atoms with E-state index in [1.807, 2.05) is 0 Å². The Morgan fingerprint density at radius 3 is 1.22 bits per heavy atom. The molecule has 0 bridgehead atoms. The highest BCUT2D eigenvalue weighted by Gasteiger charge is 2.27. The molecule has 49 heavy (non-hydrogen) atoms. The molecule has 3 N–H and O–H groups in total. The third kappa shape index (κ3) is 33.6. The molecule has 0 aromatic rings. The van der Waals surface area contributed by atoms with Gasteiger partial charge in [0.15, 0.2) is 0 Å². The Kier molecular flexibility index (Phi) is 34.2. The van der Waals surface area contributed by atoms with E-state index < -0.39 is 58.4 Å². The first-order chi connectivity index (χ1) is 23.8. The standard InChI is InChI=1S/C38H73O10P/c1-3-5-7-9-11-13-15-16-17-18-20-22-24-26-28-30-38(42)48-36(32-40)34-46-49(43,44)45-33-35(31-39)47-37(41)29-27-25-23-21-19-14-12-10-8-6-4-2/h10,12,35-36,39-40H,3-9,11,13-34H2,1-2H3,(H,43,44)/b12-10-. The number of esters is 2. The predicted octanol–water partition coefficient (Wildman–Crippen LogP) is 9.67. The first-order valence-corrected chi connectivity index (χ1v) is 21.1. The zero-order valence-electron chi connectivity index (χ0n) is 31.2. The summed E-state index contributed by atoms with van der Waals surface area (Å²) in [4.78, 5) is 34.3. The van der Waals surface area contributed by atoms with Crippen LogP contribution in [0.5, 0.6) is 0 Å². The molecule has 0 aromatic heterocycles. The lowest BCUT2D eigenvalue weighted by Gasteiger charge is -2.20. The van der Waals surface area contributed by atoms with Crippen molar-refractivity contribution >= 4 is 19.8 Å². The average molecular weight is 721 g/mol. The first kappa shape index (κ1) is 47.7. The van der Waals surface area contributed by atoms with Crippen molar-refractivity contribution in [1.29, 1.82) is 0 Å². The number of carbonyl (C=O) groups is 2. The van der Waals surface area contributed by atoms with E-state index >= 15 is 0 Å². The van der Waals surface area contributed by atoms with Gasteiger partial charge in [0.2, 0.25) is 0 Å². The predicted molar refractivity (Wildman–Crippen MR) is 196 cm³/mol. The summed E-state index contributed by atoms with van der Waals surface area (Å²) in [6.07, 6.45) is 30.5. The van der Waals surface area contributed by atoms with Gasteiger partial charge in [-0.3, -0.25) is 18.6 Å². The van der Waals surface area contributed by atoms with Crippen molar-refractivity contribution in [1.82, 2.24) is 0 Å². The molecule has 0 heterocycles. The molecule has 290 valence electrons. The number of unbranched alkanes of at least 4 members (excludes halogenated alkanes) is 21. The largest absolute Gasteiger partial charge is 0.472 e. The number of phosphoric acid groups is 1. The summed E-state index contributed by atoms with van der Waals surface area (Å²) >= 11 is 0. The molecule has 0 aliphatic carbocycles. The highest BCUT2D eigenvalue weighted by molar-refractivity contribution is 7.47. The van der Waals surface area contributed by atoms with Crippen LogP contribution in [0.25, 0.3) is 0 Å². The van der Waals surface area contributed by atoms with Crippen molar-refractivity contribution < 1.29 is 47.8 Å². The number of hydrogen-bond donors (Lipinski definition) is 3. The van der Waals surface area contributed by atoms with Gasteiger partial charge in [-0.25, -0.2) is 4.57 Å². The molecular formula is C38H73O10P. The number of carbonyl (C=O) groups excluding carboxylic acids is 2. The highest BCUT2D eigenvalue weighted by atomic mass is 31.2. The summed E-state index contributed by atoms with van der Waals surface area (Å²) in [7, 11) is -4.62. The maximum atomic E-state index is 12.3. The van der Waals surface area contributed by atoms with E-state index in [4.69, 9.17) is 18.5 Å². The third-order valence-corrected chi connectivity index (χ3v) is 9.43. The third-order valence-electron chi connectivity index (χ3n) is 8.48. The molecule has 11 heteroatoms. The van der Waals surface area contributed by atoms with Gasteiger partial charge in [-0.15, -0.1) is 0 Å². The summed E-state index contributed by atoms with van der Waals surface area (Å²) in [6.45, 7) is 2.16. The zero-order valence-corrected chi connectivity index (χ0v) is 32.1. The van der Waals surface area contributed by atoms with E-state index in [2.05, 4.69) is 26.0 Å². The number of aliphatic hydroxyl groups is 2. The topological polar surface area (TPSA) is 149 Å². The summed E-state index contributed by atoms with van der Waals surface area (Å²) < 4.78 is 32.4. The van der Waals surface area contributed by atoms with Crippen molar-refractivity contribution in [3.05, 3.63) is 12.2 Å². The fourth-order valence-electron chi connectivity index (χ4n) is 5.39. The number of rotatable bonds is 37. The second kappa shape index (κ2) is 35.1. The van der Waals surface area contributed by atoms with Gasteiger partial charge in [-0.1, -0.05) is 148 Å². The lowest BCUT2D eigenvalue weighted by atomic mass is 10.0. The smallest absolute Gasteiger partial charge is 0.457 e. The lowest BCUT2D eigenvalue weighted by Crippen LogP contribution is -2.28. The molecule has 0 amide bonds. The van der Waals surface area contributed by atoms with Crippen LogP contribution in [0.2, 0.25) is 0 Å². The minimum Gasteiger partial charge on any atom is -0.457 e. The van der Waals surface area contributed by atoms with E-state index in [0.717, 1.165) is 57.8 Å². The van der Waals surface area contributed by atoms with Gasteiger partial charge in [0.1, 0.15) is 12.2 Å². The lowest BCUT2D eigenvalue weighted by molar-refractivity contribution is -0.153. The molecule has 3 atom stereocenters. The Labute approximate surface area is 298 Å². The van der Waals surface area contributed by atoms with Crippen LogP contribution in [0, 0.1) is 0 Å². The van der Waals surface area contributed by atoms with Gasteiger partial charge in [0, 0.05) is 12.8 Å². The Morgan fingerprint density at radius 1 is 0.531 bits per heavy atom. The zero-order chi connectivity index (χ0) is 36.3. The Morgan fingerprint density at radius 2 is 0.857 bits per heavy atom. The van der Waals surface area contributed by atoms with E-state index in [1.54, 1.807) is 0 Å². The van der Waals surface area contributed by atoms with E-state index in [9.17, 15) is 29.3 Å². The molecule has 0 aliphatic rings. The minimum atomic E-state index is -4.62. The molecule has 0 rings (SSSR count). The van der Waals surface area contributed by atoms with Crippen molar-refractivity contribution in [2.24, 2.45) is 0 Å². The monoisotopic (exact) mass is 720 g/mol. The van der Waals surface area contributed by atoms with Crippen LogP contribution in [0.1, 0.15) is 181 Å². The number of ether oxygens (including phenoxy) is 2. The number of allylic oxidation sites excluding steroid dienone is 2. The SMILES string of the molecule is CCCC/C=C\CCCCCCCC(=O)OC(CO)COP(=O)(O)OCC(CO)OC(=O)CCCCCCCCCCCCCCCCC. The van der Waals surface area contributed by atoms with Gasteiger partial charge in [-0.05, 0) is 32.1 Å². The van der Waals surface area contributed by atoms with Crippen LogP contribution < -0.4 is 0 Å². The number of hydrogen-bond acceptors (Lipinski definition) is 9. The summed E-state index contributed by atoms with van der Waals surface area (Å²) in [6, 6.07) is 0. The Bertz CT molecular complexity index is 837. The second-order valence-electron chi connectivity index (χ2n) is 13.3. The quantitative estimate of drug-likeness (QED) is 0.0245. The van der Waals surface area contributed by atoms with Crippen molar-refractivity contribution in [3.8, 4) is 0 Å². The maximum Gasteiger partial charge on any atom is 0.472 e. The Balaban J connectivity index is 3.95. The number of phosphoric ester groups is 1. The van der Waals surface area contributed by atoms with Crippen molar-refractivity contribution in [3.63, 3.8) is 0 Å². The summed E-state index contributed by atoms with van der Waals surface area (Å²) in [5.74, 6) is -1.02. The molecule has 0 aromatic carbocycles. The van der Waals surface area contributed by atoms with Crippen LogP contribution in [0.3, 0.4) is 0 Å². The maximum absolute atomic E-state index is 12.3. The van der Waals surface area contributed by atoms with Gasteiger partial charge < -0.3 is 24.6 Å². The number of aliphatic hydroxyl groups excluding tert-OH is 2. The summed E-state index contributed by atoms with van der Waals surface area (Å²) in [5.41, 5.74) is 0. The average Bonchev–Trinajstić information content (AvgIpc) is 3.09. The van der Waals surface area contributed by atoms with Gasteiger partial charge in [-0.2, -0.15) is 0 Å². The molecule has 0 fully saturated rings. The van der Waals surface area contributed by atoms with Gasteiger partial charge in [0.25, 0.3) is 0 Å². The molecule has 0 aliphatic heterocycles. The van der Waals surface area contributed by atoms with Gasteiger partial charge >= 0.3 is 19.8 Å². The van der Waals surface area contributed by atoms with Crippen LogP contribution in [-0.4, -0.2) is 65.7 Å². The van der Waals surface area contributed by atoms with Crippen LogP contribution in [0.15, 0.2) is 12.2 Å². The normalized spacial score (nSPS) is 14.1. The van der Waals surface area contributed by atoms with E-state index in [0.29, 0.717) is 12.8 Å². The van der Waals surface area contributed by atoms with Crippen LogP contribution >= 0.6 is 7.82 Å². The van der Waals surface area contributed by atoms with E-state index in [1.165, 1.54) is 83.5 Å². The summed E-state index contributed by atoms with van der Waals surface area (Å²) in [5, 5.41) is 19.1. The Hall–Kier alpha value is -1.29. The molecule has 3 unspecified atom stereocenters. The highest BCUT2D eigenvalue weighted by Crippen LogP contribution is 2.43. The second-order valence-corrected chi connectivity index (χ2v) is 14.7. The fraction of sp³-hybridized carbons (Fsp3) is 0.895. The van der Waals surface area contributed by atoms with Crippen LogP contribution in [-0.2, 0) is 32.7 Å². The molecule has 0 saturated carbocycles. The fourth-order valence-corrected chi connectivity index (χ4v) is 6.17. The molecule has 0 spiro atoms. The molecular weight excluding hydrogens is 647 g/mol. The molecule has 0 saturated heterocycles. The van der Waals surface area contributed by atoms with Crippen molar-refractivity contribution in [2.45, 2.75) is 193 Å². The minimum absolute atomic E-state index is 0.184. The molecule has 10 nitrogen and oxygen atoms in total. The molecule has 0 radical (unpaired) electrons. The first-order valence-electron chi connectivity index (χ1n) is 19.6. The van der Waals surface area contributed by atoms with Crippen molar-refractivity contribution in [2.75, 3.05) is 26.4 Å². The van der Waals surface area contributed by atoms with Crippen LogP contribution in [0.4, 0.5) is 0 Å². The van der Waals surface area contributed by atoms with E-state index in [-0.39, 0.29) is 12.8 Å². The van der Waals surface area contributed by atoms with Gasteiger partial charge in [0.05, 0.1) is 26.4 Å².